The van der Waals surface area contributed by atoms with Gasteiger partial charge in [0.1, 0.15) is 0 Å². The lowest BCUT2D eigenvalue weighted by Crippen LogP contribution is -2.18. The van der Waals surface area contributed by atoms with Crippen molar-refractivity contribution in [3.05, 3.63) is 97.0 Å². The van der Waals surface area contributed by atoms with Crippen molar-refractivity contribution in [1.29, 1.82) is 0 Å². The molecule has 0 aliphatic carbocycles. The Morgan fingerprint density at radius 2 is 1.75 bits per heavy atom. The highest BCUT2D eigenvalue weighted by atomic mass is 79.9. The molecule has 3 aromatic rings. The molecule has 2 amide bonds. The van der Waals surface area contributed by atoms with Gasteiger partial charge in [-0.25, -0.2) is 5.43 Å². The zero-order valence-corrected chi connectivity index (χ0v) is 18.4. The molecule has 0 radical (unpaired) electrons. The minimum Gasteiger partial charge on any atom is -0.502 e. The summed E-state index contributed by atoms with van der Waals surface area (Å²) in [6.07, 6.45) is 1.08. The van der Waals surface area contributed by atoms with Crippen LogP contribution in [0.2, 0.25) is 5.02 Å². The highest BCUT2D eigenvalue weighted by molar-refractivity contribution is 9.10. The van der Waals surface area contributed by atoms with Crippen LogP contribution < -0.4 is 10.7 Å². The summed E-state index contributed by atoms with van der Waals surface area (Å²) in [6, 6.07) is 15.1. The number of phenolic OH excluding ortho intramolecular Hbond substituents is 1. The summed E-state index contributed by atoms with van der Waals surface area (Å²) in [7, 11) is 0. The van der Waals surface area contributed by atoms with Crippen LogP contribution in [0.5, 0.6) is 5.75 Å². The molecule has 3 rings (SSSR count). The number of phenols is 1. The maximum absolute atomic E-state index is 12.4. The normalized spacial score (nSPS) is 10.7. The third-order valence-corrected chi connectivity index (χ3v) is 4.81. The van der Waals surface area contributed by atoms with Gasteiger partial charge in [-0.15, -0.1) is 0 Å². The van der Waals surface area contributed by atoms with Gasteiger partial charge in [-0.2, -0.15) is 5.10 Å². The van der Waals surface area contributed by atoms with Crippen molar-refractivity contribution in [1.82, 2.24) is 5.43 Å². The smallest absolute Gasteiger partial charge is 0.312 e. The number of aromatic hydroxyl groups is 1. The summed E-state index contributed by atoms with van der Waals surface area (Å²) in [5, 5.41) is 27.8. The molecule has 0 saturated carbocycles. The van der Waals surface area contributed by atoms with Crippen molar-refractivity contribution in [2.45, 2.75) is 0 Å². The molecule has 32 heavy (non-hydrogen) atoms. The monoisotopic (exact) mass is 516 g/mol. The van der Waals surface area contributed by atoms with Gasteiger partial charge in [0.05, 0.1) is 11.1 Å². The van der Waals surface area contributed by atoms with Crippen molar-refractivity contribution in [3.8, 4) is 5.75 Å². The molecule has 0 aromatic heterocycles. The van der Waals surface area contributed by atoms with E-state index in [-0.39, 0.29) is 11.1 Å². The average Bonchev–Trinajstić information content (AvgIpc) is 2.75. The Hall–Kier alpha value is -3.76. The fraction of sp³-hybridized carbons (Fsp3) is 0. The lowest BCUT2D eigenvalue weighted by atomic mass is 10.1. The number of halogens is 2. The SMILES string of the molecule is O=C(N/N=C/c1cc(Br)cc([N+](=O)[O-])c1O)c1cccc(NC(=O)c2cccc(Cl)c2)c1. The lowest BCUT2D eigenvalue weighted by molar-refractivity contribution is -0.385. The largest absolute Gasteiger partial charge is 0.502 e. The lowest BCUT2D eigenvalue weighted by Gasteiger charge is -2.07. The van der Waals surface area contributed by atoms with E-state index in [1.54, 1.807) is 30.3 Å². The van der Waals surface area contributed by atoms with Crippen molar-refractivity contribution in [3.63, 3.8) is 0 Å². The molecule has 0 unspecified atom stereocenters. The van der Waals surface area contributed by atoms with E-state index in [9.17, 15) is 24.8 Å². The number of hydrazone groups is 1. The number of benzene rings is 3. The van der Waals surface area contributed by atoms with Crippen LogP contribution in [0.4, 0.5) is 11.4 Å². The second-order valence-corrected chi connectivity index (χ2v) is 7.72. The van der Waals surface area contributed by atoms with Crippen LogP contribution in [0.25, 0.3) is 0 Å². The van der Waals surface area contributed by atoms with Gasteiger partial charge >= 0.3 is 5.69 Å². The fourth-order valence-electron chi connectivity index (χ4n) is 2.64. The number of hydrogen-bond donors (Lipinski definition) is 3. The third kappa shape index (κ3) is 5.68. The Morgan fingerprint density at radius 1 is 1.06 bits per heavy atom. The summed E-state index contributed by atoms with van der Waals surface area (Å²) in [4.78, 5) is 35.0. The molecule has 0 fully saturated rings. The molecule has 0 heterocycles. The molecule has 0 saturated heterocycles. The molecule has 0 atom stereocenters. The second-order valence-electron chi connectivity index (χ2n) is 6.36. The zero-order chi connectivity index (χ0) is 23.3. The number of anilines is 1. The van der Waals surface area contributed by atoms with Gasteiger partial charge in [0.15, 0.2) is 0 Å². The van der Waals surface area contributed by atoms with E-state index in [4.69, 9.17) is 11.6 Å². The zero-order valence-electron chi connectivity index (χ0n) is 16.1. The van der Waals surface area contributed by atoms with Crippen LogP contribution in [-0.4, -0.2) is 28.1 Å². The number of carbonyl (C=O) groups excluding carboxylic acids is 2. The highest BCUT2D eigenvalue weighted by Gasteiger charge is 2.17. The average molecular weight is 518 g/mol. The van der Waals surface area contributed by atoms with E-state index in [1.807, 2.05) is 0 Å². The quantitative estimate of drug-likeness (QED) is 0.247. The summed E-state index contributed by atoms with van der Waals surface area (Å²) < 4.78 is 0.359. The summed E-state index contributed by atoms with van der Waals surface area (Å²) >= 11 is 9.01. The number of rotatable bonds is 6. The van der Waals surface area contributed by atoms with E-state index in [1.165, 1.54) is 24.3 Å². The molecular formula is C21H14BrClN4O5. The Bertz CT molecular complexity index is 1250. The maximum atomic E-state index is 12.4. The molecule has 0 bridgehead atoms. The van der Waals surface area contributed by atoms with Crippen molar-refractivity contribution in [2.75, 3.05) is 5.32 Å². The van der Waals surface area contributed by atoms with E-state index in [0.29, 0.717) is 20.7 Å². The van der Waals surface area contributed by atoms with Crippen LogP contribution in [0.1, 0.15) is 26.3 Å². The first kappa shape index (κ1) is 22.9. The summed E-state index contributed by atoms with van der Waals surface area (Å²) in [6.45, 7) is 0. The molecule has 9 nitrogen and oxygen atoms in total. The van der Waals surface area contributed by atoms with Crippen LogP contribution in [0, 0.1) is 10.1 Å². The first-order chi connectivity index (χ1) is 15.2. The second kappa shape index (κ2) is 10.0. The molecule has 11 heteroatoms. The number of amides is 2. The van der Waals surface area contributed by atoms with Crippen molar-refractivity contribution >= 4 is 56.9 Å². The van der Waals surface area contributed by atoms with Gasteiger partial charge in [-0.05, 0) is 42.5 Å². The van der Waals surface area contributed by atoms with E-state index < -0.39 is 28.2 Å². The van der Waals surface area contributed by atoms with E-state index >= 15 is 0 Å². The Morgan fingerprint density at radius 3 is 2.44 bits per heavy atom. The predicted molar refractivity (Wildman–Crippen MR) is 123 cm³/mol. The van der Waals surface area contributed by atoms with E-state index in [2.05, 4.69) is 31.8 Å². The summed E-state index contributed by atoms with van der Waals surface area (Å²) in [5.41, 5.74) is 2.74. The van der Waals surface area contributed by atoms with Crippen molar-refractivity contribution < 1.29 is 19.6 Å². The first-order valence-electron chi connectivity index (χ1n) is 8.92. The molecule has 3 N–H and O–H groups in total. The number of nitrogens with zero attached hydrogens (tertiary/aromatic N) is 2. The number of nitrogens with one attached hydrogen (secondary N) is 2. The molecule has 3 aromatic carbocycles. The molecular weight excluding hydrogens is 504 g/mol. The maximum Gasteiger partial charge on any atom is 0.312 e. The number of carbonyl (C=O) groups is 2. The van der Waals surface area contributed by atoms with Crippen LogP contribution in [0.3, 0.4) is 0 Å². The van der Waals surface area contributed by atoms with Gasteiger partial charge < -0.3 is 10.4 Å². The Kier molecular flexibility index (Phi) is 7.18. The van der Waals surface area contributed by atoms with Crippen LogP contribution in [0.15, 0.2) is 70.2 Å². The topological polar surface area (TPSA) is 134 Å². The minimum absolute atomic E-state index is 0.0360. The summed E-state index contributed by atoms with van der Waals surface area (Å²) in [5.74, 6) is -1.57. The van der Waals surface area contributed by atoms with Crippen LogP contribution >= 0.6 is 27.5 Å². The van der Waals surface area contributed by atoms with Gasteiger partial charge in [0.25, 0.3) is 11.8 Å². The highest BCUT2D eigenvalue weighted by Crippen LogP contribution is 2.32. The molecule has 0 aliphatic heterocycles. The van der Waals surface area contributed by atoms with Gasteiger partial charge in [0.2, 0.25) is 5.75 Å². The van der Waals surface area contributed by atoms with Crippen molar-refractivity contribution in [2.24, 2.45) is 5.10 Å². The molecule has 0 spiro atoms. The predicted octanol–water partition coefficient (Wildman–Crippen LogP) is 4.73. The fourth-order valence-corrected chi connectivity index (χ4v) is 3.29. The van der Waals surface area contributed by atoms with E-state index in [0.717, 1.165) is 12.3 Å². The molecule has 0 aliphatic rings. The number of nitro benzene ring substituents is 1. The Balaban J connectivity index is 1.70. The number of nitro groups is 1. The molecule has 162 valence electrons. The van der Waals surface area contributed by atoms with Gasteiger partial charge in [-0.1, -0.05) is 39.7 Å². The first-order valence-corrected chi connectivity index (χ1v) is 10.1. The van der Waals surface area contributed by atoms with Gasteiger partial charge in [-0.3, -0.25) is 19.7 Å². The minimum atomic E-state index is -0.737. The third-order valence-electron chi connectivity index (χ3n) is 4.12. The number of hydrogen-bond acceptors (Lipinski definition) is 6. The van der Waals surface area contributed by atoms with Gasteiger partial charge in [0, 0.05) is 37.9 Å². The van der Waals surface area contributed by atoms with Crippen LogP contribution in [-0.2, 0) is 0 Å². The standard InChI is InChI=1S/C21H14BrClN4O5/c22-15-7-14(19(28)18(10-15)27(31)32)11-24-26-21(30)13-4-2-6-17(9-13)25-20(29)12-3-1-5-16(23)8-12/h1-11,28H,(H,25,29)(H,26,30)/b24-11+. The Labute approximate surface area is 195 Å².